The van der Waals surface area contributed by atoms with Crippen LogP contribution in [0.2, 0.25) is 0 Å². The molecule has 0 saturated carbocycles. The van der Waals surface area contributed by atoms with Gasteiger partial charge in [-0.15, -0.1) is 0 Å². The third kappa shape index (κ3) is 4.19. The summed E-state index contributed by atoms with van der Waals surface area (Å²) in [6, 6.07) is 8.22. The number of phenolic OH excluding ortho intramolecular Hbond substituents is 1. The van der Waals surface area contributed by atoms with Gasteiger partial charge in [-0.2, -0.15) is 0 Å². The quantitative estimate of drug-likeness (QED) is 0.652. The normalized spacial score (nSPS) is 16.1. The first-order valence-electron chi connectivity index (χ1n) is 7.75. The summed E-state index contributed by atoms with van der Waals surface area (Å²) >= 11 is 6.81. The Morgan fingerprint density at radius 2 is 2.00 bits per heavy atom. The van der Waals surface area contributed by atoms with E-state index >= 15 is 0 Å². The minimum absolute atomic E-state index is 0.0408. The van der Waals surface area contributed by atoms with E-state index in [1.54, 1.807) is 24.3 Å². The number of carboxylic acids is 1. The van der Waals surface area contributed by atoms with Crippen molar-refractivity contribution < 1.29 is 24.5 Å². The van der Waals surface area contributed by atoms with Crippen molar-refractivity contribution in [3.05, 3.63) is 50.4 Å². The van der Waals surface area contributed by atoms with Crippen LogP contribution in [0.25, 0.3) is 0 Å². The molecule has 0 aromatic heterocycles. The van der Waals surface area contributed by atoms with Gasteiger partial charge in [0.2, 0.25) is 5.90 Å². The fourth-order valence-electron chi connectivity index (χ4n) is 2.48. The molecule has 0 radical (unpaired) electrons. The molecular formula is C18H15Br2NO5. The molecule has 2 aromatic rings. The van der Waals surface area contributed by atoms with Crippen LogP contribution in [0.4, 0.5) is 0 Å². The lowest BCUT2D eigenvalue weighted by atomic mass is 10.1. The van der Waals surface area contributed by atoms with E-state index in [0.29, 0.717) is 44.1 Å². The predicted octanol–water partition coefficient (Wildman–Crippen LogP) is 4.50. The zero-order valence-corrected chi connectivity index (χ0v) is 16.9. The van der Waals surface area contributed by atoms with Gasteiger partial charge in [0.15, 0.2) is 5.75 Å². The van der Waals surface area contributed by atoms with Crippen molar-refractivity contribution in [2.24, 2.45) is 4.99 Å². The van der Waals surface area contributed by atoms with Crippen molar-refractivity contribution in [2.45, 2.75) is 19.4 Å². The van der Waals surface area contributed by atoms with Gasteiger partial charge < -0.3 is 19.7 Å². The molecule has 0 fully saturated rings. The van der Waals surface area contributed by atoms with Gasteiger partial charge in [-0.1, -0.05) is 0 Å². The standard InChI is InChI=1S/C18H15Br2NO5/c1-9-8-25-18(21-9)12-7-11(2-3-15(12)22)26-17-13(19)4-10(5-14(17)20)6-16(23)24/h2-5,7,9,22H,6,8H2,1H3,(H,23,24)/t9-/m0/s1. The Labute approximate surface area is 166 Å². The number of nitrogens with zero attached hydrogens (tertiary/aromatic N) is 1. The molecule has 2 aromatic carbocycles. The molecule has 8 heteroatoms. The van der Waals surface area contributed by atoms with Crippen LogP contribution in [-0.4, -0.2) is 34.7 Å². The molecule has 6 nitrogen and oxygen atoms in total. The minimum atomic E-state index is -0.910. The number of rotatable bonds is 5. The van der Waals surface area contributed by atoms with Gasteiger partial charge in [0, 0.05) is 0 Å². The lowest BCUT2D eigenvalue weighted by molar-refractivity contribution is -0.136. The van der Waals surface area contributed by atoms with Crippen LogP contribution in [0, 0.1) is 0 Å². The molecule has 136 valence electrons. The van der Waals surface area contributed by atoms with Crippen molar-refractivity contribution in [1.29, 1.82) is 0 Å². The molecule has 2 N–H and O–H groups in total. The number of benzene rings is 2. The summed E-state index contributed by atoms with van der Waals surface area (Å²) in [6.45, 7) is 2.40. The second-order valence-electron chi connectivity index (χ2n) is 5.83. The topological polar surface area (TPSA) is 88.4 Å². The summed E-state index contributed by atoms with van der Waals surface area (Å²) in [4.78, 5) is 15.2. The maximum atomic E-state index is 10.9. The summed E-state index contributed by atoms with van der Waals surface area (Å²) in [5.74, 6) is 0.511. The molecule has 0 saturated heterocycles. The van der Waals surface area contributed by atoms with E-state index in [2.05, 4.69) is 36.9 Å². The second-order valence-corrected chi connectivity index (χ2v) is 7.54. The van der Waals surface area contributed by atoms with Crippen molar-refractivity contribution in [3.63, 3.8) is 0 Å². The lowest BCUT2D eigenvalue weighted by Crippen LogP contribution is -2.03. The summed E-state index contributed by atoms with van der Waals surface area (Å²) < 4.78 is 12.6. The van der Waals surface area contributed by atoms with Gasteiger partial charge in [-0.3, -0.25) is 4.79 Å². The molecule has 0 bridgehead atoms. The number of aliphatic imine (C=N–C) groups is 1. The average molecular weight is 485 g/mol. The Morgan fingerprint density at radius 1 is 1.31 bits per heavy atom. The van der Waals surface area contributed by atoms with E-state index in [4.69, 9.17) is 14.6 Å². The molecular weight excluding hydrogens is 470 g/mol. The molecule has 0 unspecified atom stereocenters. The Hall–Kier alpha value is -2.06. The van der Waals surface area contributed by atoms with Crippen molar-refractivity contribution in [2.75, 3.05) is 6.61 Å². The van der Waals surface area contributed by atoms with Crippen LogP contribution in [0.1, 0.15) is 18.1 Å². The van der Waals surface area contributed by atoms with E-state index in [0.717, 1.165) is 0 Å². The molecule has 1 atom stereocenters. The zero-order chi connectivity index (χ0) is 18.8. The molecule has 0 aliphatic carbocycles. The van der Waals surface area contributed by atoms with Gasteiger partial charge in [0.05, 0.1) is 27.0 Å². The number of aliphatic carboxylic acids is 1. The average Bonchev–Trinajstić information content (AvgIpc) is 2.98. The van der Waals surface area contributed by atoms with Gasteiger partial charge in [0.1, 0.15) is 18.1 Å². The smallest absolute Gasteiger partial charge is 0.307 e. The Morgan fingerprint density at radius 3 is 2.58 bits per heavy atom. The zero-order valence-electron chi connectivity index (χ0n) is 13.7. The van der Waals surface area contributed by atoms with E-state index in [1.807, 2.05) is 6.92 Å². The number of ether oxygens (including phenoxy) is 2. The third-order valence-corrected chi connectivity index (χ3v) is 4.81. The van der Waals surface area contributed by atoms with Crippen LogP contribution < -0.4 is 4.74 Å². The lowest BCUT2D eigenvalue weighted by Gasteiger charge is -2.13. The van der Waals surface area contributed by atoms with Crippen LogP contribution in [0.5, 0.6) is 17.2 Å². The summed E-state index contributed by atoms with van der Waals surface area (Å²) in [6.07, 6.45) is -0.0871. The van der Waals surface area contributed by atoms with Crippen molar-refractivity contribution in [3.8, 4) is 17.2 Å². The number of hydrogen-bond acceptors (Lipinski definition) is 5. The SMILES string of the molecule is C[C@H]1COC(c2cc(Oc3c(Br)cc(CC(=O)O)cc3Br)ccc2O)=N1. The molecule has 26 heavy (non-hydrogen) atoms. The fourth-order valence-corrected chi connectivity index (χ4v) is 3.92. The second kappa shape index (κ2) is 7.67. The first kappa shape index (κ1) is 18.7. The fraction of sp³-hybridized carbons (Fsp3) is 0.222. The maximum absolute atomic E-state index is 10.9. The highest BCUT2D eigenvalue weighted by Gasteiger charge is 2.20. The van der Waals surface area contributed by atoms with Crippen LogP contribution in [0.3, 0.4) is 0 Å². The van der Waals surface area contributed by atoms with Gasteiger partial charge in [0.25, 0.3) is 0 Å². The summed E-state index contributed by atoms with van der Waals surface area (Å²) in [5.41, 5.74) is 1.10. The Balaban J connectivity index is 1.90. The Bertz CT molecular complexity index is 874. The highest BCUT2D eigenvalue weighted by molar-refractivity contribution is 9.11. The van der Waals surface area contributed by atoms with Crippen LogP contribution in [-0.2, 0) is 16.0 Å². The Kier molecular flexibility index (Phi) is 5.52. The number of carboxylic acid groups (broad SMARTS) is 1. The number of hydrogen-bond donors (Lipinski definition) is 2. The van der Waals surface area contributed by atoms with Crippen molar-refractivity contribution >= 4 is 43.7 Å². The summed E-state index contributed by atoms with van der Waals surface area (Å²) in [5, 5.41) is 19.0. The van der Waals surface area contributed by atoms with E-state index in [9.17, 15) is 9.90 Å². The molecule has 1 aliphatic rings. The van der Waals surface area contributed by atoms with E-state index in [1.165, 1.54) is 6.07 Å². The molecule has 1 aliphatic heterocycles. The molecule has 3 rings (SSSR count). The largest absolute Gasteiger partial charge is 0.507 e. The van der Waals surface area contributed by atoms with Gasteiger partial charge in [-0.05, 0) is 74.7 Å². The highest BCUT2D eigenvalue weighted by Crippen LogP contribution is 2.39. The molecule has 0 amide bonds. The van der Waals surface area contributed by atoms with Crippen molar-refractivity contribution in [1.82, 2.24) is 0 Å². The maximum Gasteiger partial charge on any atom is 0.307 e. The van der Waals surface area contributed by atoms with E-state index < -0.39 is 5.97 Å². The van der Waals surface area contributed by atoms with E-state index in [-0.39, 0.29) is 18.2 Å². The molecule has 1 heterocycles. The minimum Gasteiger partial charge on any atom is -0.507 e. The third-order valence-electron chi connectivity index (χ3n) is 3.63. The molecule has 0 spiro atoms. The monoisotopic (exact) mass is 483 g/mol. The summed E-state index contributed by atoms with van der Waals surface area (Å²) in [7, 11) is 0. The van der Waals surface area contributed by atoms with Gasteiger partial charge >= 0.3 is 5.97 Å². The first-order valence-corrected chi connectivity index (χ1v) is 9.33. The number of phenols is 1. The number of aromatic hydroxyl groups is 1. The van der Waals surface area contributed by atoms with Crippen LogP contribution in [0.15, 0.2) is 44.3 Å². The highest BCUT2D eigenvalue weighted by atomic mass is 79.9. The number of carbonyl (C=O) groups is 1. The first-order chi connectivity index (χ1) is 12.3. The predicted molar refractivity (Wildman–Crippen MR) is 103 cm³/mol. The van der Waals surface area contributed by atoms with Crippen LogP contribution >= 0.6 is 31.9 Å². The number of halogens is 2. The van der Waals surface area contributed by atoms with Gasteiger partial charge in [-0.25, -0.2) is 4.99 Å².